The van der Waals surface area contributed by atoms with Crippen LogP contribution in [0.1, 0.15) is 20.3 Å². The van der Waals surface area contributed by atoms with Crippen LogP contribution in [-0.4, -0.2) is 41.3 Å². The summed E-state index contributed by atoms with van der Waals surface area (Å²) < 4.78 is 12.8. The highest BCUT2D eigenvalue weighted by Gasteiger charge is 2.30. The van der Waals surface area contributed by atoms with Crippen LogP contribution in [0.25, 0.3) is 0 Å². The third-order valence-corrected chi connectivity index (χ3v) is 2.31. The van der Waals surface area contributed by atoms with Crippen molar-refractivity contribution >= 4 is 5.91 Å². The smallest absolute Gasteiger partial charge is 0.225 e. The first-order chi connectivity index (χ1) is 6.02. The number of aliphatic hydroxyl groups is 1. The average molecular weight is 189 g/mol. The number of piperidine rings is 1. The minimum absolute atomic E-state index is 0.00838. The molecule has 0 bridgehead atoms. The Hall–Kier alpha value is -0.640. The summed E-state index contributed by atoms with van der Waals surface area (Å²) in [6.45, 7) is 4.17. The Morgan fingerprint density at radius 3 is 2.69 bits per heavy atom. The first kappa shape index (κ1) is 10.4. The van der Waals surface area contributed by atoms with Crippen LogP contribution in [-0.2, 0) is 4.79 Å². The number of amides is 1. The first-order valence-corrected chi connectivity index (χ1v) is 4.63. The Balaban J connectivity index is 2.50. The lowest BCUT2D eigenvalue weighted by Crippen LogP contribution is -2.48. The minimum atomic E-state index is -1.17. The van der Waals surface area contributed by atoms with Gasteiger partial charge in [0.05, 0.1) is 0 Å². The van der Waals surface area contributed by atoms with Crippen LogP contribution in [0.3, 0.4) is 0 Å². The number of β-amino-alcohol motifs (C(OH)–C–C–N with tert-alkyl or cyclic N) is 1. The highest BCUT2D eigenvalue weighted by molar-refractivity contribution is 5.78. The molecule has 4 heteroatoms. The van der Waals surface area contributed by atoms with E-state index in [9.17, 15) is 14.3 Å². The molecule has 0 aromatic heterocycles. The summed E-state index contributed by atoms with van der Waals surface area (Å²) >= 11 is 0. The lowest BCUT2D eigenvalue weighted by atomic mass is 10.0. The molecule has 0 radical (unpaired) electrons. The number of carbonyl (C=O) groups is 1. The van der Waals surface area contributed by atoms with Crippen LogP contribution < -0.4 is 0 Å². The molecular weight excluding hydrogens is 173 g/mol. The normalized spacial score (nSPS) is 29.5. The number of alkyl halides is 1. The molecule has 0 saturated carbocycles. The molecular formula is C9H16FNO2. The summed E-state index contributed by atoms with van der Waals surface area (Å²) in [5.41, 5.74) is 0. The van der Waals surface area contributed by atoms with Gasteiger partial charge in [0.25, 0.3) is 0 Å². The summed E-state index contributed by atoms with van der Waals surface area (Å²) in [6.07, 6.45) is -1.92. The zero-order chi connectivity index (χ0) is 10.0. The van der Waals surface area contributed by atoms with E-state index in [2.05, 4.69) is 0 Å². The second kappa shape index (κ2) is 4.05. The predicted octanol–water partition coefficient (Wildman–Crippen LogP) is 0.574. The van der Waals surface area contributed by atoms with Gasteiger partial charge in [-0.15, -0.1) is 0 Å². The lowest BCUT2D eigenvalue weighted by molar-refractivity contribution is -0.139. The van der Waals surface area contributed by atoms with Gasteiger partial charge in [-0.3, -0.25) is 4.79 Å². The van der Waals surface area contributed by atoms with Gasteiger partial charge in [-0.2, -0.15) is 0 Å². The van der Waals surface area contributed by atoms with Gasteiger partial charge >= 0.3 is 0 Å². The monoisotopic (exact) mass is 189 g/mol. The van der Waals surface area contributed by atoms with E-state index in [1.807, 2.05) is 0 Å². The van der Waals surface area contributed by atoms with Crippen LogP contribution in [0.5, 0.6) is 0 Å². The molecule has 2 atom stereocenters. The molecule has 0 aromatic rings. The Morgan fingerprint density at radius 2 is 2.23 bits per heavy atom. The molecule has 0 aromatic carbocycles. The maximum atomic E-state index is 12.8. The van der Waals surface area contributed by atoms with E-state index in [1.165, 1.54) is 4.90 Å². The maximum absolute atomic E-state index is 12.8. The number of aliphatic hydroxyl groups excluding tert-OH is 1. The van der Waals surface area contributed by atoms with E-state index >= 15 is 0 Å². The van der Waals surface area contributed by atoms with Gasteiger partial charge in [-0.1, -0.05) is 13.8 Å². The Morgan fingerprint density at radius 1 is 1.62 bits per heavy atom. The Labute approximate surface area is 77.5 Å². The van der Waals surface area contributed by atoms with Crippen molar-refractivity contribution in [3.05, 3.63) is 0 Å². The predicted molar refractivity (Wildman–Crippen MR) is 46.9 cm³/mol. The number of hydrogen-bond acceptors (Lipinski definition) is 2. The summed E-state index contributed by atoms with van der Waals surface area (Å²) in [6, 6.07) is 0. The SMILES string of the molecule is CC(C)C(=O)N1CCC(F)C(O)C1. The molecule has 1 aliphatic heterocycles. The van der Waals surface area contributed by atoms with Crippen LogP contribution in [0.2, 0.25) is 0 Å². The average Bonchev–Trinajstić information content (AvgIpc) is 2.08. The van der Waals surface area contributed by atoms with Gasteiger partial charge in [-0.05, 0) is 6.42 Å². The zero-order valence-corrected chi connectivity index (χ0v) is 8.03. The largest absolute Gasteiger partial charge is 0.388 e. The molecule has 1 heterocycles. The van der Waals surface area contributed by atoms with Crippen molar-refractivity contribution in [3.63, 3.8) is 0 Å². The van der Waals surface area contributed by atoms with Crippen LogP contribution in [0.15, 0.2) is 0 Å². The minimum Gasteiger partial charge on any atom is -0.388 e. The topological polar surface area (TPSA) is 40.5 Å². The van der Waals surface area contributed by atoms with Gasteiger partial charge in [0.1, 0.15) is 12.3 Å². The first-order valence-electron chi connectivity index (χ1n) is 4.63. The molecule has 1 rings (SSSR count). The number of likely N-dealkylation sites (tertiary alicyclic amines) is 1. The van der Waals surface area contributed by atoms with Gasteiger partial charge in [0, 0.05) is 19.0 Å². The number of hydrogen-bond donors (Lipinski definition) is 1. The van der Waals surface area contributed by atoms with Gasteiger partial charge < -0.3 is 10.0 Å². The third kappa shape index (κ3) is 2.40. The Bertz CT molecular complexity index is 196. The number of rotatable bonds is 1. The van der Waals surface area contributed by atoms with Crippen molar-refractivity contribution in [2.24, 2.45) is 5.92 Å². The quantitative estimate of drug-likeness (QED) is 0.655. The van der Waals surface area contributed by atoms with Crippen molar-refractivity contribution in [1.82, 2.24) is 4.90 Å². The van der Waals surface area contributed by atoms with E-state index in [0.717, 1.165) is 0 Å². The van der Waals surface area contributed by atoms with Crippen LogP contribution >= 0.6 is 0 Å². The second-order valence-electron chi connectivity index (χ2n) is 3.81. The highest BCUT2D eigenvalue weighted by Crippen LogP contribution is 2.15. The fourth-order valence-corrected chi connectivity index (χ4v) is 1.47. The molecule has 2 unspecified atom stereocenters. The van der Waals surface area contributed by atoms with E-state index in [1.54, 1.807) is 13.8 Å². The highest BCUT2D eigenvalue weighted by atomic mass is 19.1. The summed E-state index contributed by atoms with van der Waals surface area (Å²) in [4.78, 5) is 13.0. The van der Waals surface area contributed by atoms with Gasteiger partial charge in [0.2, 0.25) is 5.91 Å². The summed E-state index contributed by atoms with van der Waals surface area (Å²) in [5.74, 6) is -0.0886. The standard InChI is InChI=1S/C9H16FNO2/c1-6(2)9(13)11-4-3-7(10)8(12)5-11/h6-8,12H,3-5H2,1-2H3. The van der Waals surface area contributed by atoms with Gasteiger partial charge in [0.15, 0.2) is 0 Å². The van der Waals surface area contributed by atoms with Crippen molar-refractivity contribution in [2.45, 2.75) is 32.5 Å². The van der Waals surface area contributed by atoms with Gasteiger partial charge in [-0.25, -0.2) is 4.39 Å². The van der Waals surface area contributed by atoms with Crippen molar-refractivity contribution < 1.29 is 14.3 Å². The molecule has 76 valence electrons. The van der Waals surface area contributed by atoms with E-state index in [0.29, 0.717) is 6.54 Å². The second-order valence-corrected chi connectivity index (χ2v) is 3.81. The van der Waals surface area contributed by atoms with E-state index in [4.69, 9.17) is 0 Å². The number of halogens is 1. The molecule has 1 N–H and O–H groups in total. The summed E-state index contributed by atoms with van der Waals surface area (Å²) in [7, 11) is 0. The fraction of sp³-hybridized carbons (Fsp3) is 0.889. The van der Waals surface area contributed by atoms with Crippen LogP contribution in [0, 0.1) is 5.92 Å². The van der Waals surface area contributed by atoms with Crippen molar-refractivity contribution in [2.75, 3.05) is 13.1 Å². The molecule has 13 heavy (non-hydrogen) atoms. The molecule has 1 amide bonds. The molecule has 0 spiro atoms. The molecule has 3 nitrogen and oxygen atoms in total. The number of nitrogens with zero attached hydrogens (tertiary/aromatic N) is 1. The third-order valence-electron chi connectivity index (χ3n) is 2.31. The van der Waals surface area contributed by atoms with E-state index < -0.39 is 12.3 Å². The van der Waals surface area contributed by atoms with Crippen LogP contribution in [0.4, 0.5) is 4.39 Å². The fourth-order valence-electron chi connectivity index (χ4n) is 1.47. The lowest BCUT2D eigenvalue weighted by Gasteiger charge is -2.33. The number of carbonyl (C=O) groups excluding carboxylic acids is 1. The van der Waals surface area contributed by atoms with Crippen molar-refractivity contribution in [1.29, 1.82) is 0 Å². The maximum Gasteiger partial charge on any atom is 0.225 e. The molecule has 0 aliphatic carbocycles. The van der Waals surface area contributed by atoms with E-state index in [-0.39, 0.29) is 24.8 Å². The molecule has 1 fully saturated rings. The van der Waals surface area contributed by atoms with Crippen molar-refractivity contribution in [3.8, 4) is 0 Å². The Kier molecular flexibility index (Phi) is 3.25. The molecule has 1 aliphatic rings. The molecule has 1 saturated heterocycles. The summed E-state index contributed by atoms with van der Waals surface area (Å²) in [5, 5.41) is 9.21. The zero-order valence-electron chi connectivity index (χ0n) is 8.03.